The minimum Gasteiger partial charge on any atom is -0.508 e. The zero-order valence-corrected chi connectivity index (χ0v) is 7.45. The van der Waals surface area contributed by atoms with E-state index in [2.05, 4.69) is 0 Å². The Kier molecular flexibility index (Phi) is 1.98. The maximum atomic E-state index is 9.53. The molecule has 1 atom stereocenters. The largest absolute Gasteiger partial charge is 0.508 e. The molecule has 3 nitrogen and oxygen atoms in total. The third kappa shape index (κ3) is 1.41. The lowest BCUT2D eigenvalue weighted by atomic mass is 10.0. The number of fused-ring (bicyclic) bond motifs is 1. The summed E-state index contributed by atoms with van der Waals surface area (Å²) in [6.45, 7) is 2.77. The third-order valence-corrected chi connectivity index (χ3v) is 2.31. The van der Waals surface area contributed by atoms with Crippen molar-refractivity contribution in [2.45, 2.75) is 26.2 Å². The normalized spacial score (nSPS) is 17.1. The molecule has 0 fully saturated rings. The van der Waals surface area contributed by atoms with Crippen LogP contribution in [0, 0.1) is 0 Å². The molecule has 1 aliphatic rings. The number of phenolic OH excluding ortho intramolecular Hbond substituents is 1. The number of hydrogen-bond acceptors (Lipinski definition) is 3. The van der Waals surface area contributed by atoms with Crippen molar-refractivity contribution in [3.63, 3.8) is 0 Å². The molecular formula is C10H12O3. The van der Waals surface area contributed by atoms with E-state index in [-0.39, 0.29) is 5.75 Å². The van der Waals surface area contributed by atoms with Gasteiger partial charge < -0.3 is 14.9 Å². The van der Waals surface area contributed by atoms with E-state index in [1.165, 1.54) is 0 Å². The molecule has 0 aromatic heterocycles. The second-order valence-electron chi connectivity index (χ2n) is 3.35. The number of aliphatic hydroxyl groups excluding tert-OH is 1. The number of ether oxygens (including phenoxy) is 1. The second kappa shape index (κ2) is 3.01. The van der Waals surface area contributed by atoms with Gasteiger partial charge in [0.05, 0.1) is 19.3 Å². The van der Waals surface area contributed by atoms with E-state index in [0.29, 0.717) is 18.8 Å². The zero-order chi connectivity index (χ0) is 9.42. The Morgan fingerprint density at radius 3 is 2.54 bits per heavy atom. The highest BCUT2D eigenvalue weighted by Crippen LogP contribution is 2.31. The SMILES string of the molecule is CC(O)c1cc2c(cc1O)COC2. The van der Waals surface area contributed by atoms with E-state index in [9.17, 15) is 10.2 Å². The predicted octanol–water partition coefficient (Wildman–Crippen LogP) is 1.48. The van der Waals surface area contributed by atoms with Gasteiger partial charge in [-0.2, -0.15) is 0 Å². The molecule has 2 rings (SSSR count). The average molecular weight is 180 g/mol. The molecule has 1 unspecified atom stereocenters. The molecule has 1 heterocycles. The fraction of sp³-hybridized carbons (Fsp3) is 0.400. The van der Waals surface area contributed by atoms with Crippen LogP contribution in [0.4, 0.5) is 0 Å². The topological polar surface area (TPSA) is 49.7 Å². The van der Waals surface area contributed by atoms with Gasteiger partial charge in [0.25, 0.3) is 0 Å². The van der Waals surface area contributed by atoms with Crippen LogP contribution in [-0.4, -0.2) is 10.2 Å². The van der Waals surface area contributed by atoms with E-state index in [1.807, 2.05) is 6.07 Å². The van der Waals surface area contributed by atoms with Gasteiger partial charge in [0, 0.05) is 5.56 Å². The van der Waals surface area contributed by atoms with Gasteiger partial charge in [-0.1, -0.05) is 0 Å². The summed E-state index contributed by atoms with van der Waals surface area (Å²) < 4.78 is 5.21. The average Bonchev–Trinajstić information content (AvgIpc) is 2.48. The molecule has 0 spiro atoms. The number of rotatable bonds is 1. The molecule has 2 N–H and O–H groups in total. The maximum Gasteiger partial charge on any atom is 0.121 e. The molecule has 0 bridgehead atoms. The van der Waals surface area contributed by atoms with E-state index in [0.717, 1.165) is 11.1 Å². The van der Waals surface area contributed by atoms with Gasteiger partial charge in [-0.3, -0.25) is 0 Å². The van der Waals surface area contributed by atoms with Crippen molar-refractivity contribution in [1.29, 1.82) is 0 Å². The third-order valence-electron chi connectivity index (χ3n) is 2.31. The summed E-state index contributed by atoms with van der Waals surface area (Å²) in [6, 6.07) is 3.48. The highest BCUT2D eigenvalue weighted by molar-refractivity contribution is 5.43. The first-order valence-electron chi connectivity index (χ1n) is 4.29. The highest BCUT2D eigenvalue weighted by atomic mass is 16.5. The Labute approximate surface area is 76.6 Å². The van der Waals surface area contributed by atoms with Crippen molar-refractivity contribution in [2.75, 3.05) is 0 Å². The minimum atomic E-state index is -0.633. The number of aliphatic hydroxyl groups is 1. The smallest absolute Gasteiger partial charge is 0.121 e. The van der Waals surface area contributed by atoms with Crippen LogP contribution in [0.15, 0.2) is 12.1 Å². The molecule has 0 aliphatic carbocycles. The fourth-order valence-electron chi connectivity index (χ4n) is 1.57. The minimum absolute atomic E-state index is 0.152. The van der Waals surface area contributed by atoms with Crippen molar-refractivity contribution < 1.29 is 14.9 Å². The number of hydrogen-bond donors (Lipinski definition) is 2. The van der Waals surface area contributed by atoms with Crippen LogP contribution in [0.5, 0.6) is 5.75 Å². The van der Waals surface area contributed by atoms with Crippen molar-refractivity contribution in [1.82, 2.24) is 0 Å². The van der Waals surface area contributed by atoms with Crippen LogP contribution in [0.1, 0.15) is 29.7 Å². The maximum absolute atomic E-state index is 9.53. The molecule has 1 aromatic carbocycles. The summed E-state index contributed by atoms with van der Waals surface area (Å²) in [5, 5.41) is 18.9. The summed E-state index contributed by atoms with van der Waals surface area (Å²) in [6.07, 6.45) is -0.633. The quantitative estimate of drug-likeness (QED) is 0.688. The molecule has 0 saturated heterocycles. The molecular weight excluding hydrogens is 168 g/mol. The number of benzene rings is 1. The molecule has 1 aliphatic heterocycles. The van der Waals surface area contributed by atoms with Crippen LogP contribution in [0.3, 0.4) is 0 Å². The van der Waals surface area contributed by atoms with E-state index < -0.39 is 6.10 Å². The van der Waals surface area contributed by atoms with Gasteiger partial charge in [-0.15, -0.1) is 0 Å². The van der Waals surface area contributed by atoms with E-state index in [4.69, 9.17) is 4.74 Å². The van der Waals surface area contributed by atoms with Gasteiger partial charge in [0.1, 0.15) is 5.75 Å². The van der Waals surface area contributed by atoms with E-state index in [1.54, 1.807) is 13.0 Å². The Bertz CT molecular complexity index is 331. The Morgan fingerprint density at radius 1 is 1.31 bits per heavy atom. The summed E-state index contributed by atoms with van der Waals surface area (Å²) >= 11 is 0. The lowest BCUT2D eigenvalue weighted by Gasteiger charge is -2.09. The zero-order valence-electron chi connectivity index (χ0n) is 7.45. The first-order valence-corrected chi connectivity index (χ1v) is 4.29. The number of phenols is 1. The lowest BCUT2D eigenvalue weighted by molar-refractivity contribution is 0.134. The monoisotopic (exact) mass is 180 g/mol. The van der Waals surface area contributed by atoms with E-state index >= 15 is 0 Å². The summed E-state index contributed by atoms with van der Waals surface area (Å²) in [4.78, 5) is 0. The molecule has 13 heavy (non-hydrogen) atoms. The van der Waals surface area contributed by atoms with Crippen LogP contribution in [0.25, 0.3) is 0 Å². The molecule has 3 heteroatoms. The van der Waals surface area contributed by atoms with Gasteiger partial charge in [0.15, 0.2) is 0 Å². The van der Waals surface area contributed by atoms with Crippen LogP contribution in [0.2, 0.25) is 0 Å². The first kappa shape index (κ1) is 8.53. The number of aromatic hydroxyl groups is 1. The predicted molar refractivity (Wildman–Crippen MR) is 47.2 cm³/mol. The van der Waals surface area contributed by atoms with Gasteiger partial charge in [-0.05, 0) is 30.2 Å². The second-order valence-corrected chi connectivity index (χ2v) is 3.35. The molecule has 0 radical (unpaired) electrons. The van der Waals surface area contributed by atoms with Crippen molar-refractivity contribution in [3.05, 3.63) is 28.8 Å². The van der Waals surface area contributed by atoms with Crippen molar-refractivity contribution >= 4 is 0 Å². The fourth-order valence-corrected chi connectivity index (χ4v) is 1.57. The lowest BCUT2D eigenvalue weighted by Crippen LogP contribution is -1.94. The molecule has 0 amide bonds. The first-order chi connectivity index (χ1) is 6.18. The summed E-state index contributed by atoms with van der Waals surface area (Å²) in [7, 11) is 0. The Hall–Kier alpha value is -1.06. The van der Waals surface area contributed by atoms with Gasteiger partial charge in [-0.25, -0.2) is 0 Å². The van der Waals surface area contributed by atoms with Crippen LogP contribution < -0.4 is 0 Å². The van der Waals surface area contributed by atoms with Gasteiger partial charge in [0.2, 0.25) is 0 Å². The Morgan fingerprint density at radius 2 is 1.92 bits per heavy atom. The van der Waals surface area contributed by atoms with Crippen LogP contribution in [-0.2, 0) is 18.0 Å². The Balaban J connectivity index is 2.49. The molecule has 0 saturated carbocycles. The van der Waals surface area contributed by atoms with Crippen molar-refractivity contribution in [3.8, 4) is 5.75 Å². The molecule has 1 aromatic rings. The van der Waals surface area contributed by atoms with Crippen LogP contribution >= 0.6 is 0 Å². The standard InChI is InChI=1S/C10H12O3/c1-6(11)9-2-7-4-13-5-8(7)3-10(9)12/h2-3,6,11-12H,4-5H2,1H3. The van der Waals surface area contributed by atoms with Crippen molar-refractivity contribution in [2.24, 2.45) is 0 Å². The van der Waals surface area contributed by atoms with Gasteiger partial charge >= 0.3 is 0 Å². The summed E-state index contributed by atoms with van der Waals surface area (Å²) in [5.41, 5.74) is 2.65. The highest BCUT2D eigenvalue weighted by Gasteiger charge is 2.16. The summed E-state index contributed by atoms with van der Waals surface area (Å²) in [5.74, 6) is 0.152. The molecule has 70 valence electrons.